The zero-order chi connectivity index (χ0) is 25.2. The molecule has 1 aliphatic rings. The maximum atomic E-state index is 13.9. The zero-order valence-corrected chi connectivity index (χ0v) is 18.4. The van der Waals surface area contributed by atoms with Gasteiger partial charge in [0.15, 0.2) is 17.3 Å². The van der Waals surface area contributed by atoms with Crippen molar-refractivity contribution in [2.75, 3.05) is 6.54 Å². The number of aromatic amines is 1. The highest BCUT2D eigenvalue weighted by atomic mass is 19.4. The number of alkyl halides is 3. The van der Waals surface area contributed by atoms with Crippen LogP contribution in [0, 0.1) is 5.82 Å². The number of carbonyl (C=O) groups excluding carboxylic acids is 1. The van der Waals surface area contributed by atoms with E-state index in [1.54, 1.807) is 7.05 Å². The van der Waals surface area contributed by atoms with Crippen LogP contribution in [0.2, 0.25) is 0 Å². The number of aromatic nitrogens is 6. The molecule has 1 atom stereocenters. The van der Waals surface area contributed by atoms with Crippen molar-refractivity contribution in [2.45, 2.75) is 18.6 Å². The van der Waals surface area contributed by atoms with E-state index >= 15 is 0 Å². The fraction of sp³-hybridized carbons (Fsp3) is 0.227. The highest BCUT2D eigenvalue weighted by molar-refractivity contribution is 5.94. The van der Waals surface area contributed by atoms with Crippen molar-refractivity contribution in [1.82, 2.24) is 34.4 Å². The Labute approximate surface area is 198 Å². The monoisotopic (exact) mass is 501 g/mol. The quantitative estimate of drug-likeness (QED) is 0.373. The average Bonchev–Trinajstić information content (AvgIpc) is 3.61. The molecule has 5 heterocycles. The summed E-state index contributed by atoms with van der Waals surface area (Å²) >= 11 is 0. The van der Waals surface area contributed by atoms with Crippen LogP contribution in [0.1, 0.15) is 39.6 Å². The summed E-state index contributed by atoms with van der Waals surface area (Å²) in [6.07, 6.45) is -0.634. The Balaban J connectivity index is 1.48. The largest absolute Gasteiger partial charge is 0.438 e. The molecule has 0 saturated carbocycles. The van der Waals surface area contributed by atoms with Gasteiger partial charge >= 0.3 is 6.18 Å². The van der Waals surface area contributed by atoms with Crippen LogP contribution in [-0.4, -0.2) is 46.8 Å². The van der Waals surface area contributed by atoms with Crippen LogP contribution in [0.15, 0.2) is 45.9 Å². The number of H-pyrrole nitrogens is 1. The van der Waals surface area contributed by atoms with Crippen molar-refractivity contribution in [3.63, 3.8) is 0 Å². The molecule has 14 heteroatoms. The molecule has 6 rings (SSSR count). The van der Waals surface area contributed by atoms with Gasteiger partial charge in [-0.2, -0.15) is 13.2 Å². The minimum absolute atomic E-state index is 0.00478. The van der Waals surface area contributed by atoms with Crippen molar-refractivity contribution in [1.29, 1.82) is 0 Å². The molecule has 0 aliphatic carbocycles. The first-order valence-electron chi connectivity index (χ1n) is 10.6. The number of fused-ring (bicyclic) bond motifs is 2. The van der Waals surface area contributed by atoms with E-state index in [4.69, 9.17) is 8.83 Å². The van der Waals surface area contributed by atoms with Crippen LogP contribution in [0.5, 0.6) is 0 Å². The van der Waals surface area contributed by atoms with E-state index in [1.165, 1.54) is 35.6 Å². The van der Waals surface area contributed by atoms with Crippen LogP contribution < -0.4 is 0 Å². The molecule has 5 aromatic rings. The minimum Gasteiger partial charge on any atom is -0.438 e. The summed E-state index contributed by atoms with van der Waals surface area (Å²) in [5, 5.41) is 0. The van der Waals surface area contributed by atoms with E-state index in [0.717, 1.165) is 11.0 Å². The summed E-state index contributed by atoms with van der Waals surface area (Å²) in [5.41, 5.74) is 0.147. The minimum atomic E-state index is -4.97. The molecular formula is C22H15F4N7O3. The van der Waals surface area contributed by atoms with E-state index in [2.05, 4.69) is 24.9 Å². The van der Waals surface area contributed by atoms with E-state index in [-0.39, 0.29) is 35.6 Å². The van der Waals surface area contributed by atoms with E-state index in [1.807, 2.05) is 0 Å². The lowest BCUT2D eigenvalue weighted by atomic mass is 10.0. The van der Waals surface area contributed by atoms with E-state index in [9.17, 15) is 22.4 Å². The van der Waals surface area contributed by atoms with Crippen molar-refractivity contribution in [2.24, 2.45) is 7.05 Å². The van der Waals surface area contributed by atoms with E-state index < -0.39 is 41.3 Å². The SMILES string of the molecule is Cn1cncc1-c1nc(C(F)(F)F)c(C(=O)N2CCc3[nH]cnc3[C@H]2c2nc3cc(F)ccc3o2)o1. The lowest BCUT2D eigenvalue weighted by Crippen LogP contribution is -2.41. The molecule has 184 valence electrons. The average molecular weight is 501 g/mol. The van der Waals surface area contributed by atoms with Gasteiger partial charge in [-0.3, -0.25) is 4.79 Å². The van der Waals surface area contributed by atoms with Crippen molar-refractivity contribution < 1.29 is 31.2 Å². The Kier molecular flexibility index (Phi) is 4.74. The van der Waals surface area contributed by atoms with Gasteiger partial charge in [0.1, 0.15) is 17.0 Å². The summed E-state index contributed by atoms with van der Waals surface area (Å²) in [4.78, 5) is 33.7. The first kappa shape index (κ1) is 22.0. The second-order valence-corrected chi connectivity index (χ2v) is 8.17. The maximum Gasteiger partial charge on any atom is 0.437 e. The third-order valence-corrected chi connectivity index (χ3v) is 5.91. The summed E-state index contributed by atoms with van der Waals surface area (Å²) in [6, 6.07) is 2.63. The lowest BCUT2D eigenvalue weighted by Gasteiger charge is -2.32. The fourth-order valence-corrected chi connectivity index (χ4v) is 4.24. The Hall–Kier alpha value is -4.49. The van der Waals surface area contributed by atoms with Crippen molar-refractivity contribution in [3.05, 3.63) is 71.6 Å². The van der Waals surface area contributed by atoms with Gasteiger partial charge in [0.2, 0.25) is 17.5 Å². The summed E-state index contributed by atoms with van der Waals surface area (Å²) in [7, 11) is 1.55. The number of oxazole rings is 2. The van der Waals surface area contributed by atoms with Crippen LogP contribution in [0.25, 0.3) is 22.7 Å². The van der Waals surface area contributed by atoms with E-state index in [0.29, 0.717) is 11.4 Å². The molecule has 0 saturated heterocycles. The smallest absolute Gasteiger partial charge is 0.437 e. The first-order chi connectivity index (χ1) is 17.2. The number of aryl methyl sites for hydroxylation is 1. The number of hydrogen-bond donors (Lipinski definition) is 1. The Morgan fingerprint density at radius 1 is 1.22 bits per heavy atom. The fourth-order valence-electron chi connectivity index (χ4n) is 4.24. The van der Waals surface area contributed by atoms with Gasteiger partial charge in [-0.1, -0.05) is 0 Å². The highest BCUT2D eigenvalue weighted by Gasteiger charge is 2.46. The first-order valence-corrected chi connectivity index (χ1v) is 10.6. The third-order valence-electron chi connectivity index (χ3n) is 5.91. The summed E-state index contributed by atoms with van der Waals surface area (Å²) in [6.45, 7) is 0.00478. The molecule has 0 spiro atoms. The van der Waals surface area contributed by atoms with Crippen LogP contribution in [-0.2, 0) is 19.6 Å². The molecular weight excluding hydrogens is 486 g/mol. The highest BCUT2D eigenvalue weighted by Crippen LogP contribution is 2.39. The third kappa shape index (κ3) is 3.44. The molecule has 1 aromatic carbocycles. The van der Waals surface area contributed by atoms with Gasteiger partial charge in [-0.25, -0.2) is 24.3 Å². The topological polar surface area (TPSA) is 119 Å². The summed E-state index contributed by atoms with van der Waals surface area (Å²) < 4.78 is 68.1. The van der Waals surface area contributed by atoms with Gasteiger partial charge in [-0.15, -0.1) is 0 Å². The number of nitrogens with zero attached hydrogens (tertiary/aromatic N) is 6. The van der Waals surface area contributed by atoms with Gasteiger partial charge in [0, 0.05) is 31.8 Å². The van der Waals surface area contributed by atoms with Crippen LogP contribution in [0.3, 0.4) is 0 Å². The van der Waals surface area contributed by atoms with Gasteiger partial charge in [0.05, 0.1) is 24.5 Å². The predicted octanol–water partition coefficient (Wildman–Crippen LogP) is 3.89. The summed E-state index contributed by atoms with van der Waals surface area (Å²) in [5.74, 6) is -3.03. The maximum absolute atomic E-state index is 13.9. The molecule has 0 unspecified atom stereocenters. The molecule has 10 nitrogen and oxygen atoms in total. The Morgan fingerprint density at radius 3 is 2.81 bits per heavy atom. The van der Waals surface area contributed by atoms with Crippen molar-refractivity contribution >= 4 is 17.0 Å². The second kappa shape index (κ2) is 7.76. The number of hydrogen-bond acceptors (Lipinski definition) is 7. The number of carbonyl (C=O) groups is 1. The molecule has 1 aliphatic heterocycles. The van der Waals surface area contributed by atoms with Gasteiger partial charge < -0.3 is 23.3 Å². The van der Waals surface area contributed by atoms with Crippen LogP contribution in [0.4, 0.5) is 17.6 Å². The number of imidazole rings is 2. The normalized spacial score (nSPS) is 16.0. The van der Waals surface area contributed by atoms with Crippen molar-refractivity contribution in [3.8, 4) is 11.6 Å². The lowest BCUT2D eigenvalue weighted by molar-refractivity contribution is -0.141. The number of amides is 1. The molecule has 1 N–H and O–H groups in total. The number of halogens is 4. The molecule has 4 aromatic heterocycles. The number of rotatable bonds is 3. The molecule has 1 amide bonds. The molecule has 36 heavy (non-hydrogen) atoms. The van der Waals surface area contributed by atoms with Crippen LogP contribution >= 0.6 is 0 Å². The predicted molar refractivity (Wildman–Crippen MR) is 113 cm³/mol. The van der Waals surface area contributed by atoms with Gasteiger partial charge in [-0.05, 0) is 12.1 Å². The Morgan fingerprint density at radius 2 is 2.06 bits per heavy atom. The Bertz CT molecular complexity index is 1610. The second-order valence-electron chi connectivity index (χ2n) is 8.17. The zero-order valence-electron chi connectivity index (χ0n) is 18.4. The molecule has 0 fully saturated rings. The number of benzene rings is 1. The molecule has 0 bridgehead atoms. The standard InChI is InChI=1S/C22H15F4N7O3/c1-32-9-27-7-13(32)19-31-18(22(24,25)26)17(36-19)21(34)33-5-4-11-15(29-8-28-11)16(33)20-30-12-6-10(23)2-3-14(12)35-20/h2-3,6-9,16H,4-5H2,1H3,(H,28,29)/t16-/m0/s1. The molecule has 0 radical (unpaired) electrons. The van der Waals surface area contributed by atoms with Gasteiger partial charge in [0.25, 0.3) is 5.91 Å². The number of nitrogens with one attached hydrogen (secondary N) is 1.